The number of H-pyrrole nitrogens is 1. The number of carbonyl (C=O) groups excluding carboxylic acids is 1. The van der Waals surface area contributed by atoms with Gasteiger partial charge >= 0.3 is 0 Å². The lowest BCUT2D eigenvalue weighted by Crippen LogP contribution is -2.23. The van der Waals surface area contributed by atoms with Crippen LogP contribution in [0.15, 0.2) is 47.1 Å². The normalized spacial score (nSPS) is 10.8. The Morgan fingerprint density at radius 3 is 2.68 bits per heavy atom. The van der Waals surface area contributed by atoms with E-state index in [0.717, 1.165) is 11.3 Å². The number of nitrogens with zero attached hydrogens (tertiary/aromatic N) is 2. The summed E-state index contributed by atoms with van der Waals surface area (Å²) in [7, 11) is 1.60. The number of pyridine rings is 1. The van der Waals surface area contributed by atoms with Crippen molar-refractivity contribution in [2.24, 2.45) is 0 Å². The predicted molar refractivity (Wildman–Crippen MR) is 109 cm³/mol. The summed E-state index contributed by atoms with van der Waals surface area (Å²) in [6.45, 7) is 4.39. The van der Waals surface area contributed by atoms with Gasteiger partial charge in [0.1, 0.15) is 11.5 Å². The zero-order valence-electron chi connectivity index (χ0n) is 15.8. The average Bonchev–Trinajstić information content (AvgIpc) is 3.09. The molecule has 0 atom stereocenters. The molecule has 0 unspecified atom stereocenters. The van der Waals surface area contributed by atoms with Crippen LogP contribution in [0.25, 0.3) is 0 Å². The van der Waals surface area contributed by atoms with Crippen LogP contribution in [0, 0.1) is 0 Å². The minimum Gasteiger partial charge on any atom is -0.497 e. The van der Waals surface area contributed by atoms with Crippen LogP contribution in [0.2, 0.25) is 0 Å². The maximum absolute atomic E-state index is 12.4. The number of halogens is 1. The van der Waals surface area contributed by atoms with Crippen molar-refractivity contribution in [1.29, 1.82) is 0 Å². The molecule has 1 amide bonds. The van der Waals surface area contributed by atoms with Gasteiger partial charge in [0, 0.05) is 24.9 Å². The largest absolute Gasteiger partial charge is 0.497 e. The summed E-state index contributed by atoms with van der Waals surface area (Å²) in [6.07, 6.45) is 1.66. The fraction of sp³-hybridized carbons (Fsp3) is 0.250. The monoisotopic (exact) mass is 444 g/mol. The van der Waals surface area contributed by atoms with E-state index in [1.807, 2.05) is 38.1 Å². The fourth-order valence-electron chi connectivity index (χ4n) is 2.50. The molecular formula is C20H21BrN4O3. The summed E-state index contributed by atoms with van der Waals surface area (Å²) in [5.41, 5.74) is 2.09. The molecule has 2 aromatic heterocycles. The minimum atomic E-state index is -0.258. The molecule has 28 heavy (non-hydrogen) atoms. The van der Waals surface area contributed by atoms with Gasteiger partial charge in [-0.05, 0) is 39.5 Å². The molecule has 0 saturated carbocycles. The number of ether oxygens (including phenoxy) is 2. The van der Waals surface area contributed by atoms with Gasteiger partial charge in [0.2, 0.25) is 5.88 Å². The second-order valence-corrected chi connectivity index (χ2v) is 7.22. The van der Waals surface area contributed by atoms with Crippen LogP contribution in [0.5, 0.6) is 17.4 Å². The number of hydrogen-bond acceptors (Lipinski definition) is 5. The van der Waals surface area contributed by atoms with Gasteiger partial charge in [-0.15, -0.1) is 0 Å². The van der Waals surface area contributed by atoms with Crippen LogP contribution in [0.3, 0.4) is 0 Å². The highest BCUT2D eigenvalue weighted by atomic mass is 79.9. The van der Waals surface area contributed by atoms with E-state index in [1.165, 1.54) is 0 Å². The van der Waals surface area contributed by atoms with E-state index in [1.54, 1.807) is 25.4 Å². The summed E-state index contributed by atoms with van der Waals surface area (Å²) in [5, 5.41) is 9.83. The van der Waals surface area contributed by atoms with Crippen molar-refractivity contribution in [2.75, 3.05) is 7.11 Å². The highest BCUT2D eigenvalue weighted by Gasteiger charge is 2.19. The smallest absolute Gasteiger partial charge is 0.273 e. The van der Waals surface area contributed by atoms with E-state index >= 15 is 0 Å². The maximum Gasteiger partial charge on any atom is 0.273 e. The number of aromatic amines is 1. The quantitative estimate of drug-likeness (QED) is 0.562. The Hall–Kier alpha value is -2.87. The lowest BCUT2D eigenvalue weighted by molar-refractivity contribution is 0.0945. The first kappa shape index (κ1) is 19.9. The molecule has 0 aliphatic heterocycles. The first-order chi connectivity index (χ1) is 13.5. The van der Waals surface area contributed by atoms with Crippen LogP contribution >= 0.6 is 15.9 Å². The third kappa shape index (κ3) is 4.69. The van der Waals surface area contributed by atoms with Gasteiger partial charge < -0.3 is 14.8 Å². The zero-order valence-corrected chi connectivity index (χ0v) is 17.4. The molecule has 0 bridgehead atoms. The fourth-order valence-corrected chi connectivity index (χ4v) is 3.32. The Morgan fingerprint density at radius 2 is 2.04 bits per heavy atom. The number of benzene rings is 1. The highest BCUT2D eigenvalue weighted by molar-refractivity contribution is 9.10. The Balaban J connectivity index is 1.59. The van der Waals surface area contributed by atoms with Gasteiger partial charge in [-0.2, -0.15) is 5.10 Å². The lowest BCUT2D eigenvalue weighted by Gasteiger charge is -2.08. The number of nitrogens with one attached hydrogen (secondary N) is 2. The van der Waals surface area contributed by atoms with Gasteiger partial charge in [-0.25, -0.2) is 4.98 Å². The van der Waals surface area contributed by atoms with Gasteiger partial charge in [0.05, 0.1) is 17.3 Å². The molecule has 2 heterocycles. The Morgan fingerprint density at radius 1 is 1.25 bits per heavy atom. The molecule has 8 heteroatoms. The van der Waals surface area contributed by atoms with Crippen LogP contribution in [0.1, 0.15) is 41.5 Å². The predicted octanol–water partition coefficient (Wildman–Crippen LogP) is 4.42. The number of hydrogen-bond donors (Lipinski definition) is 2. The van der Waals surface area contributed by atoms with Crippen LogP contribution in [-0.2, 0) is 6.54 Å². The van der Waals surface area contributed by atoms with Crippen LogP contribution in [-0.4, -0.2) is 28.2 Å². The van der Waals surface area contributed by atoms with Gasteiger partial charge in [0.25, 0.3) is 5.91 Å². The number of aromatic nitrogens is 3. The second kappa shape index (κ2) is 8.88. The molecule has 0 radical (unpaired) electrons. The van der Waals surface area contributed by atoms with Crippen molar-refractivity contribution in [3.05, 3.63) is 64.0 Å². The molecule has 1 aromatic carbocycles. The highest BCUT2D eigenvalue weighted by Crippen LogP contribution is 2.26. The minimum absolute atomic E-state index is 0.241. The van der Waals surface area contributed by atoms with E-state index in [-0.39, 0.29) is 11.8 Å². The first-order valence-corrected chi connectivity index (χ1v) is 9.56. The van der Waals surface area contributed by atoms with E-state index in [4.69, 9.17) is 9.47 Å². The lowest BCUT2D eigenvalue weighted by atomic mass is 10.1. The number of rotatable bonds is 7. The van der Waals surface area contributed by atoms with Crippen molar-refractivity contribution in [3.63, 3.8) is 0 Å². The summed E-state index contributed by atoms with van der Waals surface area (Å²) < 4.78 is 11.6. The summed E-state index contributed by atoms with van der Waals surface area (Å²) >= 11 is 3.44. The molecule has 0 saturated heterocycles. The SMILES string of the molecule is COc1cccc(Oc2ccc(CNC(=O)c3n[nH]c(C(C)C)c3Br)cn2)c1. The first-order valence-electron chi connectivity index (χ1n) is 8.76. The molecule has 3 aromatic rings. The molecule has 0 fully saturated rings. The zero-order chi connectivity index (χ0) is 20.1. The van der Waals surface area contributed by atoms with Crippen molar-refractivity contribution in [2.45, 2.75) is 26.3 Å². The van der Waals surface area contributed by atoms with Crippen LogP contribution in [0.4, 0.5) is 0 Å². The number of amides is 1. The number of methoxy groups -OCH3 is 1. The molecule has 0 aliphatic rings. The second-order valence-electron chi connectivity index (χ2n) is 6.42. The Labute approximate surface area is 171 Å². The Bertz CT molecular complexity index is 954. The van der Waals surface area contributed by atoms with Crippen molar-refractivity contribution >= 4 is 21.8 Å². The van der Waals surface area contributed by atoms with Gasteiger partial charge in [0.15, 0.2) is 5.69 Å². The number of carbonyl (C=O) groups is 1. The molecule has 3 rings (SSSR count). The third-order valence-corrected chi connectivity index (χ3v) is 4.84. The van der Waals surface area contributed by atoms with Gasteiger partial charge in [-0.1, -0.05) is 26.0 Å². The van der Waals surface area contributed by atoms with E-state index in [0.29, 0.717) is 34.1 Å². The van der Waals surface area contributed by atoms with E-state index in [2.05, 4.69) is 36.4 Å². The standard InChI is InChI=1S/C20H21BrN4O3/c1-12(2)18-17(21)19(25-24-18)20(26)23-11-13-7-8-16(22-10-13)28-15-6-4-5-14(9-15)27-3/h4-10,12H,11H2,1-3H3,(H,23,26)(H,24,25). The average molecular weight is 445 g/mol. The molecule has 146 valence electrons. The Kier molecular flexibility index (Phi) is 6.30. The van der Waals surface area contributed by atoms with E-state index in [9.17, 15) is 4.79 Å². The van der Waals surface area contributed by atoms with Gasteiger partial charge in [-0.3, -0.25) is 9.89 Å². The molecular weight excluding hydrogens is 424 g/mol. The molecule has 2 N–H and O–H groups in total. The molecule has 0 aliphatic carbocycles. The molecule has 0 spiro atoms. The summed E-state index contributed by atoms with van der Waals surface area (Å²) in [5.74, 6) is 1.79. The van der Waals surface area contributed by atoms with Crippen molar-refractivity contribution in [3.8, 4) is 17.4 Å². The van der Waals surface area contributed by atoms with E-state index < -0.39 is 0 Å². The summed E-state index contributed by atoms with van der Waals surface area (Å²) in [6, 6.07) is 10.9. The maximum atomic E-state index is 12.4. The summed E-state index contributed by atoms with van der Waals surface area (Å²) in [4.78, 5) is 16.6. The van der Waals surface area contributed by atoms with Crippen LogP contribution < -0.4 is 14.8 Å². The topological polar surface area (TPSA) is 89.1 Å². The molecule has 7 nitrogen and oxygen atoms in total. The third-order valence-electron chi connectivity index (χ3n) is 4.04. The van der Waals surface area contributed by atoms with Crippen molar-refractivity contribution < 1.29 is 14.3 Å². The van der Waals surface area contributed by atoms with Crippen molar-refractivity contribution in [1.82, 2.24) is 20.5 Å².